The lowest BCUT2D eigenvalue weighted by Crippen LogP contribution is -2.34. The van der Waals surface area contributed by atoms with E-state index < -0.39 is 5.60 Å². The summed E-state index contributed by atoms with van der Waals surface area (Å²) in [5, 5.41) is 2.15. The van der Waals surface area contributed by atoms with E-state index in [9.17, 15) is 4.79 Å². The Morgan fingerprint density at radius 2 is 1.36 bits per heavy atom. The minimum absolute atomic E-state index is 0.346. The first kappa shape index (κ1) is 21.9. The summed E-state index contributed by atoms with van der Waals surface area (Å²) in [7, 11) is 1.39. The van der Waals surface area contributed by atoms with Gasteiger partial charge < -0.3 is 9.47 Å². The van der Waals surface area contributed by atoms with E-state index in [0.717, 1.165) is 44.3 Å². The molecule has 1 aliphatic rings. The Kier molecular flexibility index (Phi) is 5.38. The van der Waals surface area contributed by atoms with Gasteiger partial charge in [-0.3, -0.25) is 0 Å². The number of carbonyl (C=O) groups excluding carboxylic acids is 1. The molecule has 0 saturated heterocycles. The first-order valence-corrected chi connectivity index (χ1v) is 11.9. The summed E-state index contributed by atoms with van der Waals surface area (Å²) >= 11 is 0. The lowest BCUT2D eigenvalue weighted by atomic mass is 9.82. The van der Waals surface area contributed by atoms with Gasteiger partial charge in [0.2, 0.25) is 0 Å². The standard InChI is InChI=1S/C33H24O3/c1-35-32(34)24-18-16-23(17-19-24)30-22-25-10-8-9-15-28(25)31-29(30)20-21-33(36-31,26-11-4-2-5-12-26)27-13-6-3-7-14-27/h2-22H,1H3. The number of hydrogen-bond acceptors (Lipinski definition) is 3. The fraction of sp³-hybridized carbons (Fsp3) is 0.0606. The van der Waals surface area contributed by atoms with Gasteiger partial charge in [-0.2, -0.15) is 0 Å². The van der Waals surface area contributed by atoms with Gasteiger partial charge in [-0.05, 0) is 46.9 Å². The van der Waals surface area contributed by atoms with E-state index in [1.807, 2.05) is 60.7 Å². The zero-order valence-electron chi connectivity index (χ0n) is 19.8. The predicted molar refractivity (Wildman–Crippen MR) is 144 cm³/mol. The van der Waals surface area contributed by atoms with Crippen LogP contribution in [-0.4, -0.2) is 13.1 Å². The minimum atomic E-state index is -0.758. The monoisotopic (exact) mass is 468 g/mol. The van der Waals surface area contributed by atoms with E-state index in [4.69, 9.17) is 9.47 Å². The molecule has 0 bridgehead atoms. The Labute approximate surface area is 210 Å². The van der Waals surface area contributed by atoms with E-state index >= 15 is 0 Å². The summed E-state index contributed by atoms with van der Waals surface area (Å²) in [5.41, 5.74) is 4.96. The third-order valence-electron chi connectivity index (χ3n) is 6.81. The van der Waals surface area contributed by atoms with Crippen LogP contribution in [0.2, 0.25) is 0 Å². The molecule has 0 unspecified atom stereocenters. The summed E-state index contributed by atoms with van der Waals surface area (Å²) in [6.45, 7) is 0. The number of hydrogen-bond donors (Lipinski definition) is 0. The van der Waals surface area contributed by atoms with Crippen LogP contribution in [0.4, 0.5) is 0 Å². The van der Waals surface area contributed by atoms with Crippen molar-refractivity contribution in [3.05, 3.63) is 144 Å². The van der Waals surface area contributed by atoms with Crippen LogP contribution >= 0.6 is 0 Å². The molecule has 5 aromatic rings. The normalized spacial score (nSPS) is 13.6. The van der Waals surface area contributed by atoms with Crippen LogP contribution in [0.25, 0.3) is 28.0 Å². The smallest absolute Gasteiger partial charge is 0.337 e. The number of benzene rings is 5. The van der Waals surface area contributed by atoms with Gasteiger partial charge in [0.05, 0.1) is 12.7 Å². The summed E-state index contributed by atoms with van der Waals surface area (Å²) < 4.78 is 12.0. The molecule has 3 nitrogen and oxygen atoms in total. The molecule has 0 saturated carbocycles. The maximum Gasteiger partial charge on any atom is 0.337 e. The molecule has 36 heavy (non-hydrogen) atoms. The predicted octanol–water partition coefficient (Wildman–Crippen LogP) is 7.64. The van der Waals surface area contributed by atoms with Gasteiger partial charge in [0, 0.05) is 22.1 Å². The summed E-state index contributed by atoms with van der Waals surface area (Å²) in [4.78, 5) is 12.0. The van der Waals surface area contributed by atoms with E-state index in [0.29, 0.717) is 5.56 Å². The lowest BCUT2D eigenvalue weighted by molar-refractivity contribution is 0.0600. The van der Waals surface area contributed by atoms with E-state index in [-0.39, 0.29) is 5.97 Å². The molecule has 174 valence electrons. The topological polar surface area (TPSA) is 35.5 Å². The highest BCUT2D eigenvalue weighted by atomic mass is 16.5. The van der Waals surface area contributed by atoms with Crippen molar-refractivity contribution in [1.29, 1.82) is 0 Å². The number of rotatable bonds is 4. The Bertz CT molecular complexity index is 1540. The first-order chi connectivity index (χ1) is 17.7. The molecule has 1 heterocycles. The fourth-order valence-corrected chi connectivity index (χ4v) is 4.99. The van der Waals surface area contributed by atoms with Gasteiger partial charge in [0.15, 0.2) is 5.60 Å². The maximum absolute atomic E-state index is 12.0. The molecule has 0 amide bonds. The second-order valence-electron chi connectivity index (χ2n) is 8.86. The van der Waals surface area contributed by atoms with Crippen LogP contribution in [-0.2, 0) is 10.3 Å². The Morgan fingerprint density at radius 1 is 0.750 bits per heavy atom. The summed E-state index contributed by atoms with van der Waals surface area (Å²) in [5.74, 6) is 0.496. The van der Waals surface area contributed by atoms with Crippen LogP contribution in [0.1, 0.15) is 27.0 Å². The van der Waals surface area contributed by atoms with Crippen LogP contribution in [0.5, 0.6) is 5.75 Å². The van der Waals surface area contributed by atoms with Gasteiger partial charge >= 0.3 is 5.97 Å². The van der Waals surface area contributed by atoms with Crippen molar-refractivity contribution < 1.29 is 14.3 Å². The average molecular weight is 469 g/mol. The van der Waals surface area contributed by atoms with Gasteiger partial charge in [0.1, 0.15) is 5.75 Å². The lowest BCUT2D eigenvalue weighted by Gasteiger charge is -2.37. The van der Waals surface area contributed by atoms with Gasteiger partial charge in [-0.25, -0.2) is 4.79 Å². The Hall–Kier alpha value is -4.63. The van der Waals surface area contributed by atoms with Crippen LogP contribution in [0.15, 0.2) is 121 Å². The third kappa shape index (κ3) is 3.57. The molecule has 0 atom stereocenters. The molecule has 0 fully saturated rings. The molecule has 0 N–H and O–H groups in total. The summed E-state index contributed by atoms with van der Waals surface area (Å²) in [6.07, 6.45) is 4.33. The zero-order chi connectivity index (χ0) is 24.5. The van der Waals surface area contributed by atoms with Crippen molar-refractivity contribution in [3.8, 4) is 16.9 Å². The second kappa shape index (κ2) is 8.86. The number of esters is 1. The van der Waals surface area contributed by atoms with Crippen molar-refractivity contribution in [2.75, 3.05) is 7.11 Å². The highest BCUT2D eigenvalue weighted by Crippen LogP contribution is 2.48. The average Bonchev–Trinajstić information content (AvgIpc) is 2.97. The van der Waals surface area contributed by atoms with Crippen LogP contribution in [0.3, 0.4) is 0 Å². The maximum atomic E-state index is 12.0. The van der Waals surface area contributed by atoms with Crippen LogP contribution in [0, 0.1) is 0 Å². The van der Waals surface area contributed by atoms with Crippen molar-refractivity contribution in [1.82, 2.24) is 0 Å². The number of ether oxygens (including phenoxy) is 2. The SMILES string of the molecule is COC(=O)c1ccc(-c2cc3ccccc3c3c2C=CC(c2ccccc2)(c2ccccc2)O3)cc1. The second-order valence-corrected chi connectivity index (χ2v) is 8.86. The third-order valence-corrected chi connectivity index (χ3v) is 6.81. The molecule has 6 rings (SSSR count). The van der Waals surface area contributed by atoms with Crippen LogP contribution < -0.4 is 4.74 Å². The number of methoxy groups -OCH3 is 1. The molecule has 0 aliphatic carbocycles. The Balaban J connectivity index is 1.58. The molecule has 5 aromatic carbocycles. The Morgan fingerprint density at radius 3 is 2.00 bits per heavy atom. The largest absolute Gasteiger partial charge is 0.472 e. The van der Waals surface area contributed by atoms with Gasteiger partial charge in [-0.1, -0.05) is 97.1 Å². The molecular weight excluding hydrogens is 444 g/mol. The van der Waals surface area contributed by atoms with Crippen molar-refractivity contribution in [3.63, 3.8) is 0 Å². The molecule has 3 heteroatoms. The van der Waals surface area contributed by atoms with Gasteiger partial charge in [-0.15, -0.1) is 0 Å². The summed E-state index contributed by atoms with van der Waals surface area (Å²) in [6, 6.07) is 38.7. The molecule has 0 spiro atoms. The van der Waals surface area contributed by atoms with Gasteiger partial charge in [0.25, 0.3) is 0 Å². The van der Waals surface area contributed by atoms with E-state index in [1.54, 1.807) is 12.1 Å². The van der Waals surface area contributed by atoms with Crippen molar-refractivity contribution in [2.24, 2.45) is 0 Å². The zero-order valence-corrected chi connectivity index (χ0v) is 19.8. The van der Waals surface area contributed by atoms with E-state index in [2.05, 4.69) is 54.6 Å². The molecule has 0 aromatic heterocycles. The molecular formula is C33H24O3. The quantitative estimate of drug-likeness (QED) is 0.254. The van der Waals surface area contributed by atoms with Crippen molar-refractivity contribution >= 4 is 22.8 Å². The minimum Gasteiger partial charge on any atom is -0.472 e. The molecule has 0 radical (unpaired) electrons. The highest BCUT2D eigenvalue weighted by Gasteiger charge is 2.38. The highest BCUT2D eigenvalue weighted by molar-refractivity contribution is 5.99. The number of fused-ring (bicyclic) bond motifs is 3. The number of carbonyl (C=O) groups is 1. The first-order valence-electron chi connectivity index (χ1n) is 11.9. The van der Waals surface area contributed by atoms with E-state index in [1.165, 1.54) is 7.11 Å². The van der Waals surface area contributed by atoms with Crippen molar-refractivity contribution in [2.45, 2.75) is 5.60 Å². The fourth-order valence-electron chi connectivity index (χ4n) is 4.99. The molecule has 1 aliphatic heterocycles.